The highest BCUT2D eigenvalue weighted by Crippen LogP contribution is 2.32. The summed E-state index contributed by atoms with van der Waals surface area (Å²) in [5, 5.41) is 0. The van der Waals surface area contributed by atoms with Crippen molar-refractivity contribution in [2.45, 2.75) is 26.0 Å². The molecule has 0 fully saturated rings. The molecule has 0 N–H and O–H groups in total. The highest BCUT2D eigenvalue weighted by Gasteiger charge is 2.29. The van der Waals surface area contributed by atoms with Crippen LogP contribution in [0.5, 0.6) is 5.75 Å². The Balaban J connectivity index is 1.87. The lowest BCUT2D eigenvalue weighted by molar-refractivity contribution is -0.0498. The largest absolute Gasteiger partial charge is 0.435 e. The summed E-state index contributed by atoms with van der Waals surface area (Å²) in [6.45, 7) is -1.62. The number of rotatable bonds is 9. The molecule has 0 bridgehead atoms. The van der Waals surface area contributed by atoms with Gasteiger partial charge in [-0.1, -0.05) is 36.4 Å². The topological polar surface area (TPSA) is 49.9 Å². The van der Waals surface area contributed by atoms with Gasteiger partial charge in [0.2, 0.25) is 10.0 Å². The van der Waals surface area contributed by atoms with Crippen LogP contribution in [-0.4, -0.2) is 51.4 Å². The average Bonchev–Trinajstić information content (AvgIpc) is 2.70. The number of alkyl halides is 2. The number of benzene rings is 2. The van der Waals surface area contributed by atoms with Gasteiger partial charge in [0.25, 0.3) is 0 Å². The Kier molecular flexibility index (Phi) is 7.23. The van der Waals surface area contributed by atoms with E-state index in [9.17, 15) is 17.2 Å². The van der Waals surface area contributed by atoms with Gasteiger partial charge in [0.05, 0.1) is 4.91 Å². The van der Waals surface area contributed by atoms with Crippen LogP contribution in [-0.2, 0) is 23.0 Å². The number of allylic oxidation sites excluding steroid dienone is 1. The van der Waals surface area contributed by atoms with Crippen LogP contribution in [0.3, 0.4) is 0 Å². The Morgan fingerprint density at radius 3 is 2.43 bits per heavy atom. The molecule has 0 heterocycles. The second-order valence-electron chi connectivity index (χ2n) is 7.48. The number of sulfonamides is 1. The van der Waals surface area contributed by atoms with Crippen molar-refractivity contribution in [3.63, 3.8) is 0 Å². The van der Waals surface area contributed by atoms with Crippen molar-refractivity contribution in [3.05, 3.63) is 70.1 Å². The van der Waals surface area contributed by atoms with Crippen LogP contribution in [0.25, 0.3) is 6.08 Å². The van der Waals surface area contributed by atoms with E-state index < -0.39 is 16.6 Å². The maximum absolute atomic E-state index is 13.4. The maximum Gasteiger partial charge on any atom is 0.387 e. The molecule has 0 saturated heterocycles. The predicted octanol–water partition coefficient (Wildman–Crippen LogP) is 3.97. The third kappa shape index (κ3) is 5.65. The number of halogens is 2. The normalized spacial score (nSPS) is 14.2. The Hall–Kier alpha value is -2.29. The van der Waals surface area contributed by atoms with Gasteiger partial charge in [0, 0.05) is 19.6 Å². The van der Waals surface area contributed by atoms with Gasteiger partial charge < -0.3 is 9.64 Å². The molecule has 162 valence electrons. The van der Waals surface area contributed by atoms with E-state index in [1.165, 1.54) is 10.4 Å². The van der Waals surface area contributed by atoms with Crippen molar-refractivity contribution in [3.8, 4) is 5.75 Å². The third-order valence-electron chi connectivity index (χ3n) is 4.97. The monoisotopic (exact) mass is 436 g/mol. The molecule has 0 spiro atoms. The molecule has 1 aliphatic carbocycles. The van der Waals surface area contributed by atoms with Crippen LogP contribution in [0.4, 0.5) is 8.78 Å². The van der Waals surface area contributed by atoms with Gasteiger partial charge in [-0.25, -0.2) is 8.42 Å². The molecule has 3 rings (SSSR count). The molecule has 30 heavy (non-hydrogen) atoms. The molecule has 8 heteroatoms. The first kappa shape index (κ1) is 22.4. The first-order valence-electron chi connectivity index (χ1n) is 9.73. The minimum atomic E-state index is -3.67. The second-order valence-corrected chi connectivity index (χ2v) is 9.47. The van der Waals surface area contributed by atoms with Crippen molar-refractivity contribution >= 4 is 16.1 Å². The molecule has 0 amide bonds. The van der Waals surface area contributed by atoms with E-state index in [0.717, 1.165) is 11.1 Å². The average molecular weight is 437 g/mol. The first-order valence-corrected chi connectivity index (χ1v) is 11.2. The van der Waals surface area contributed by atoms with Crippen molar-refractivity contribution in [1.29, 1.82) is 0 Å². The van der Waals surface area contributed by atoms with Gasteiger partial charge in [0.1, 0.15) is 5.75 Å². The zero-order valence-electron chi connectivity index (χ0n) is 17.1. The van der Waals surface area contributed by atoms with Crippen LogP contribution >= 0.6 is 0 Å². The van der Waals surface area contributed by atoms with Crippen molar-refractivity contribution in [2.24, 2.45) is 0 Å². The lowest BCUT2D eigenvalue weighted by Gasteiger charge is -2.27. The summed E-state index contributed by atoms with van der Waals surface area (Å²) in [6, 6.07) is 14.1. The summed E-state index contributed by atoms with van der Waals surface area (Å²) in [5.74, 6) is 0.0835. The highest BCUT2D eigenvalue weighted by molar-refractivity contribution is 7.93. The Morgan fingerprint density at radius 2 is 1.77 bits per heavy atom. The number of aryl methyl sites for hydroxylation is 1. The zero-order valence-corrected chi connectivity index (χ0v) is 17.9. The summed E-state index contributed by atoms with van der Waals surface area (Å²) in [7, 11) is 0.137. The van der Waals surface area contributed by atoms with Crippen LogP contribution < -0.4 is 4.74 Å². The van der Waals surface area contributed by atoms with E-state index >= 15 is 0 Å². The summed E-state index contributed by atoms with van der Waals surface area (Å²) in [4.78, 5) is 2.29. The standard InChI is InChI=1S/C22H26F2N2O3S/c1-25(2)12-13-26(16-17-6-4-3-5-7-17)30(27,28)21-11-9-18-14-20(29-22(23)24)10-8-19(18)15-21/h3-8,10,14-15,22H,9,11-13,16H2,1-2H3. The quantitative estimate of drug-likeness (QED) is 0.597. The van der Waals surface area contributed by atoms with Gasteiger partial charge in [-0.15, -0.1) is 0 Å². The van der Waals surface area contributed by atoms with Gasteiger partial charge in [-0.3, -0.25) is 0 Å². The first-order chi connectivity index (χ1) is 14.3. The van der Waals surface area contributed by atoms with Crippen molar-refractivity contribution in [2.75, 3.05) is 27.2 Å². The molecule has 0 radical (unpaired) electrons. The molecule has 0 atom stereocenters. The zero-order chi connectivity index (χ0) is 21.7. The van der Waals surface area contributed by atoms with Crippen LogP contribution in [0.2, 0.25) is 0 Å². The SMILES string of the molecule is CN(C)CCN(Cc1ccccc1)S(=O)(=O)C1=Cc2ccc(OC(F)F)cc2CC1. The lowest BCUT2D eigenvalue weighted by atomic mass is 9.97. The molecular formula is C22H26F2N2O3S. The van der Waals surface area contributed by atoms with E-state index in [-0.39, 0.29) is 5.75 Å². The fraction of sp³-hybridized carbons (Fsp3) is 0.364. The number of ether oxygens (including phenoxy) is 1. The maximum atomic E-state index is 13.4. The molecular weight excluding hydrogens is 410 g/mol. The molecule has 5 nitrogen and oxygen atoms in total. The van der Waals surface area contributed by atoms with Gasteiger partial charge >= 0.3 is 6.61 Å². The number of nitrogens with zero attached hydrogens (tertiary/aromatic N) is 2. The molecule has 2 aromatic carbocycles. The molecule has 0 aliphatic heterocycles. The summed E-state index contributed by atoms with van der Waals surface area (Å²) < 4.78 is 57.7. The van der Waals surface area contributed by atoms with E-state index in [0.29, 0.717) is 42.9 Å². The number of hydrogen-bond acceptors (Lipinski definition) is 4. The Labute approximate surface area is 176 Å². The number of likely N-dealkylation sites (N-methyl/N-ethyl adjacent to an activating group) is 1. The third-order valence-corrected chi connectivity index (χ3v) is 6.94. The minimum Gasteiger partial charge on any atom is -0.435 e. The van der Waals surface area contributed by atoms with Gasteiger partial charge in [-0.05, 0) is 61.8 Å². The Morgan fingerprint density at radius 1 is 1.03 bits per heavy atom. The van der Waals surface area contributed by atoms with Gasteiger partial charge in [0.15, 0.2) is 0 Å². The second kappa shape index (κ2) is 9.68. The van der Waals surface area contributed by atoms with Crippen LogP contribution in [0.15, 0.2) is 53.4 Å². The fourth-order valence-corrected chi connectivity index (χ4v) is 4.98. The summed E-state index contributed by atoms with van der Waals surface area (Å²) in [5.41, 5.74) is 2.44. The summed E-state index contributed by atoms with van der Waals surface area (Å²) >= 11 is 0. The van der Waals surface area contributed by atoms with Crippen LogP contribution in [0, 0.1) is 0 Å². The number of hydrogen-bond donors (Lipinski definition) is 0. The fourth-order valence-electron chi connectivity index (χ4n) is 3.37. The lowest BCUT2D eigenvalue weighted by Crippen LogP contribution is -2.37. The van der Waals surface area contributed by atoms with Gasteiger partial charge in [-0.2, -0.15) is 13.1 Å². The highest BCUT2D eigenvalue weighted by atomic mass is 32.2. The van der Waals surface area contributed by atoms with E-state index in [2.05, 4.69) is 4.74 Å². The van der Waals surface area contributed by atoms with Crippen LogP contribution in [0.1, 0.15) is 23.1 Å². The molecule has 1 aliphatic rings. The smallest absolute Gasteiger partial charge is 0.387 e. The van der Waals surface area contributed by atoms with Crippen molar-refractivity contribution in [1.82, 2.24) is 9.21 Å². The van der Waals surface area contributed by atoms with E-state index in [1.54, 1.807) is 18.2 Å². The van der Waals surface area contributed by atoms with E-state index in [1.807, 2.05) is 49.3 Å². The molecule has 0 saturated carbocycles. The Bertz CT molecular complexity index is 993. The van der Waals surface area contributed by atoms with Crippen molar-refractivity contribution < 1.29 is 21.9 Å². The molecule has 2 aromatic rings. The van der Waals surface area contributed by atoms with E-state index in [4.69, 9.17) is 0 Å². The predicted molar refractivity (Wildman–Crippen MR) is 114 cm³/mol. The molecule has 0 unspecified atom stereocenters. The minimum absolute atomic E-state index is 0.0835. The summed E-state index contributed by atoms with van der Waals surface area (Å²) in [6.07, 6.45) is 2.42. The number of fused-ring (bicyclic) bond motifs is 1. The molecule has 0 aromatic heterocycles.